The van der Waals surface area contributed by atoms with E-state index >= 15 is 0 Å². The van der Waals surface area contributed by atoms with Crippen molar-refractivity contribution in [1.29, 1.82) is 5.41 Å². The molecule has 1 heterocycles. The first kappa shape index (κ1) is 16.2. The molecule has 1 amide bonds. The van der Waals surface area contributed by atoms with Crippen LogP contribution in [0.5, 0.6) is 0 Å². The maximum atomic E-state index is 12.9. The van der Waals surface area contributed by atoms with Crippen LogP contribution < -0.4 is 4.90 Å². The van der Waals surface area contributed by atoms with Crippen LogP contribution in [0.1, 0.15) is 16.1 Å². The summed E-state index contributed by atoms with van der Waals surface area (Å²) in [4.78, 5) is 17.0. The van der Waals surface area contributed by atoms with Crippen molar-refractivity contribution in [2.24, 2.45) is 0 Å². The Morgan fingerprint density at radius 3 is 2.83 bits per heavy atom. The molecule has 1 aliphatic rings. The monoisotopic (exact) mass is 337 g/mol. The van der Waals surface area contributed by atoms with Gasteiger partial charge in [0.2, 0.25) is 0 Å². The van der Waals surface area contributed by atoms with Crippen molar-refractivity contribution in [3.63, 3.8) is 0 Å². The summed E-state index contributed by atoms with van der Waals surface area (Å²) in [5, 5.41) is 8.75. The van der Waals surface area contributed by atoms with Gasteiger partial charge < -0.3 is 4.90 Å². The summed E-state index contributed by atoms with van der Waals surface area (Å²) in [6.45, 7) is 0. The molecule has 1 aromatic heterocycles. The fourth-order valence-corrected chi connectivity index (χ4v) is 3.70. The molecule has 0 fully saturated rings. The summed E-state index contributed by atoms with van der Waals surface area (Å²) >= 11 is 1.47. The summed E-state index contributed by atoms with van der Waals surface area (Å²) in [6.07, 6.45) is 11.3. The van der Waals surface area contributed by atoms with Crippen molar-refractivity contribution in [2.75, 3.05) is 19.0 Å². The summed E-state index contributed by atoms with van der Waals surface area (Å²) in [5.74, 6) is -0.161. The molecule has 0 aliphatic heterocycles. The molecule has 122 valence electrons. The highest BCUT2D eigenvalue weighted by Gasteiger charge is 2.20. The van der Waals surface area contributed by atoms with Crippen LogP contribution in [0.15, 0.2) is 60.3 Å². The van der Waals surface area contributed by atoms with Crippen LogP contribution in [0.3, 0.4) is 0 Å². The number of hydrogen-bond donors (Lipinski definition) is 1. The second-order valence-corrected chi connectivity index (χ2v) is 6.76. The third kappa shape index (κ3) is 3.03. The van der Waals surface area contributed by atoms with Gasteiger partial charge in [-0.15, -0.1) is 11.3 Å². The van der Waals surface area contributed by atoms with Crippen LogP contribution >= 0.6 is 11.3 Å². The van der Waals surface area contributed by atoms with E-state index in [0.717, 1.165) is 27.8 Å². The molecule has 1 aliphatic carbocycles. The standard InChI is InChI=1S/C19H19N3OS/c1-21(2)16-10-7-11-17-15(16)12-18(24-17)19(23)22(13-20)14-8-5-3-4-6-9-14/h3-8,10-13,20H,9H2,1-2H3. The van der Waals surface area contributed by atoms with Crippen LogP contribution in [0, 0.1) is 5.41 Å². The molecule has 1 N–H and O–H groups in total. The number of amides is 1. The summed E-state index contributed by atoms with van der Waals surface area (Å²) < 4.78 is 1.07. The first-order valence-electron chi connectivity index (χ1n) is 7.68. The molecule has 4 nitrogen and oxygen atoms in total. The number of fused-ring (bicyclic) bond motifs is 1. The molecule has 2 aromatic rings. The lowest BCUT2D eigenvalue weighted by atomic mass is 10.2. The average Bonchev–Trinajstić information content (AvgIpc) is 2.84. The fraction of sp³-hybridized carbons (Fsp3) is 0.158. The van der Waals surface area contributed by atoms with Gasteiger partial charge in [-0.2, -0.15) is 0 Å². The van der Waals surface area contributed by atoms with Crippen LogP contribution in [0.25, 0.3) is 10.1 Å². The van der Waals surface area contributed by atoms with E-state index in [-0.39, 0.29) is 5.91 Å². The lowest BCUT2D eigenvalue weighted by molar-refractivity contribution is 0.0884. The van der Waals surface area contributed by atoms with Gasteiger partial charge >= 0.3 is 0 Å². The van der Waals surface area contributed by atoms with Crippen molar-refractivity contribution in [3.05, 3.63) is 65.2 Å². The number of hydrogen-bond acceptors (Lipinski definition) is 4. The minimum absolute atomic E-state index is 0.161. The first-order chi connectivity index (χ1) is 11.6. The highest BCUT2D eigenvalue weighted by Crippen LogP contribution is 2.33. The van der Waals surface area contributed by atoms with Crippen molar-refractivity contribution in [1.82, 2.24) is 4.90 Å². The van der Waals surface area contributed by atoms with E-state index in [1.165, 1.54) is 16.2 Å². The number of allylic oxidation sites excluding steroid dienone is 5. The zero-order valence-corrected chi connectivity index (χ0v) is 14.5. The van der Waals surface area contributed by atoms with Crippen molar-refractivity contribution >= 4 is 39.4 Å². The maximum absolute atomic E-state index is 12.9. The summed E-state index contributed by atoms with van der Waals surface area (Å²) in [5.41, 5.74) is 1.88. The Labute approximate surface area is 145 Å². The Balaban J connectivity index is 1.99. The zero-order chi connectivity index (χ0) is 17.1. The Kier molecular flexibility index (Phi) is 4.62. The topological polar surface area (TPSA) is 47.4 Å². The molecule has 0 bridgehead atoms. The van der Waals surface area contributed by atoms with E-state index < -0.39 is 0 Å². The van der Waals surface area contributed by atoms with Crippen LogP contribution in [-0.4, -0.2) is 31.2 Å². The molecule has 0 saturated carbocycles. The molecule has 0 atom stereocenters. The molecule has 24 heavy (non-hydrogen) atoms. The predicted octanol–water partition coefficient (Wildman–Crippen LogP) is 4.42. The number of benzene rings is 1. The Hall–Kier alpha value is -2.66. The highest BCUT2D eigenvalue weighted by atomic mass is 32.1. The first-order valence-corrected chi connectivity index (χ1v) is 8.50. The molecule has 3 rings (SSSR count). The van der Waals surface area contributed by atoms with E-state index in [9.17, 15) is 4.79 Å². The highest BCUT2D eigenvalue weighted by molar-refractivity contribution is 7.20. The van der Waals surface area contributed by atoms with Gasteiger partial charge in [-0.3, -0.25) is 15.1 Å². The number of rotatable bonds is 4. The third-order valence-electron chi connectivity index (χ3n) is 3.86. The van der Waals surface area contributed by atoms with Gasteiger partial charge in [-0.25, -0.2) is 0 Å². The SMILES string of the molecule is CN(C)c1cccc2sc(C(=O)N(C=N)C3=CC=CC=CC3)cc12. The molecular formula is C19H19N3OS. The van der Waals surface area contributed by atoms with Crippen molar-refractivity contribution < 1.29 is 4.79 Å². The summed E-state index contributed by atoms with van der Waals surface area (Å²) in [6, 6.07) is 7.99. The second-order valence-electron chi connectivity index (χ2n) is 5.67. The number of carbonyl (C=O) groups excluding carboxylic acids is 1. The quantitative estimate of drug-likeness (QED) is 0.663. The fourth-order valence-electron chi connectivity index (χ4n) is 2.68. The van der Waals surface area contributed by atoms with Gasteiger partial charge in [0.05, 0.1) is 11.2 Å². The predicted molar refractivity (Wildman–Crippen MR) is 102 cm³/mol. The molecule has 0 radical (unpaired) electrons. The van der Waals surface area contributed by atoms with Crippen LogP contribution in [-0.2, 0) is 0 Å². The van der Waals surface area contributed by atoms with E-state index in [1.54, 1.807) is 0 Å². The summed E-state index contributed by atoms with van der Waals surface area (Å²) in [7, 11) is 3.99. The van der Waals surface area contributed by atoms with Gasteiger partial charge in [0.1, 0.15) is 0 Å². The van der Waals surface area contributed by atoms with E-state index in [0.29, 0.717) is 11.3 Å². The van der Waals surface area contributed by atoms with E-state index in [2.05, 4.69) is 0 Å². The lowest BCUT2D eigenvalue weighted by Crippen LogP contribution is -2.27. The Morgan fingerprint density at radius 2 is 2.08 bits per heavy atom. The lowest BCUT2D eigenvalue weighted by Gasteiger charge is -2.18. The smallest absolute Gasteiger partial charge is 0.273 e. The largest absolute Gasteiger partial charge is 0.377 e. The number of nitrogens with zero attached hydrogens (tertiary/aromatic N) is 2. The van der Waals surface area contributed by atoms with Gasteiger partial charge in [0.15, 0.2) is 0 Å². The molecule has 1 aromatic carbocycles. The Morgan fingerprint density at radius 1 is 1.25 bits per heavy atom. The van der Waals surface area contributed by atoms with Crippen molar-refractivity contribution in [2.45, 2.75) is 6.42 Å². The van der Waals surface area contributed by atoms with Crippen LogP contribution in [0.2, 0.25) is 0 Å². The number of thiophene rings is 1. The molecular weight excluding hydrogens is 318 g/mol. The number of anilines is 1. The average molecular weight is 337 g/mol. The normalized spacial score (nSPS) is 13.5. The van der Waals surface area contributed by atoms with Gasteiger partial charge in [-0.1, -0.05) is 30.4 Å². The molecule has 0 unspecified atom stereocenters. The van der Waals surface area contributed by atoms with Gasteiger partial charge in [0.25, 0.3) is 5.91 Å². The number of nitrogens with one attached hydrogen (secondary N) is 1. The van der Waals surface area contributed by atoms with Crippen LogP contribution in [0.4, 0.5) is 5.69 Å². The maximum Gasteiger partial charge on any atom is 0.273 e. The van der Waals surface area contributed by atoms with Gasteiger partial charge in [-0.05, 0) is 24.3 Å². The van der Waals surface area contributed by atoms with E-state index in [1.807, 2.05) is 73.6 Å². The Bertz CT molecular complexity index is 874. The minimum atomic E-state index is -0.161. The molecule has 5 heteroatoms. The number of carbonyl (C=O) groups is 1. The van der Waals surface area contributed by atoms with Crippen molar-refractivity contribution in [3.8, 4) is 0 Å². The third-order valence-corrected chi connectivity index (χ3v) is 4.95. The van der Waals surface area contributed by atoms with E-state index in [4.69, 9.17) is 5.41 Å². The molecule has 0 spiro atoms. The minimum Gasteiger partial charge on any atom is -0.377 e. The molecule has 0 saturated heterocycles. The second kappa shape index (κ2) is 6.84. The zero-order valence-electron chi connectivity index (χ0n) is 13.7. The van der Waals surface area contributed by atoms with Gasteiger partial charge in [0, 0.05) is 42.0 Å².